The molecule has 2 heterocycles. The second-order valence-electron chi connectivity index (χ2n) is 5.47. The molecule has 2 aromatic carbocycles. The highest BCUT2D eigenvalue weighted by Gasteiger charge is 2.12. The van der Waals surface area contributed by atoms with E-state index in [4.69, 9.17) is 0 Å². The van der Waals surface area contributed by atoms with Crippen LogP contribution in [0.25, 0.3) is 22.4 Å². The van der Waals surface area contributed by atoms with Crippen LogP contribution in [0.4, 0.5) is 0 Å². The summed E-state index contributed by atoms with van der Waals surface area (Å²) in [6.07, 6.45) is 2.47. The van der Waals surface area contributed by atoms with E-state index < -0.39 is 0 Å². The second-order valence-corrected chi connectivity index (χ2v) is 5.47. The molecule has 0 radical (unpaired) electrons. The van der Waals surface area contributed by atoms with Crippen molar-refractivity contribution in [2.75, 3.05) is 0 Å². The Hall–Kier alpha value is -3.47. The van der Waals surface area contributed by atoms with E-state index in [1.807, 2.05) is 24.3 Å². The molecule has 0 amide bonds. The maximum Gasteiger partial charge on any atom is 0.193 e. The van der Waals surface area contributed by atoms with Gasteiger partial charge in [0.25, 0.3) is 0 Å². The number of benzene rings is 2. The average molecular weight is 315 g/mol. The van der Waals surface area contributed by atoms with Crippen LogP contribution in [-0.2, 0) is 0 Å². The van der Waals surface area contributed by atoms with Crippen LogP contribution >= 0.6 is 0 Å². The predicted molar refractivity (Wildman–Crippen MR) is 91.1 cm³/mol. The van der Waals surface area contributed by atoms with Crippen molar-refractivity contribution in [3.8, 4) is 11.4 Å². The van der Waals surface area contributed by atoms with Gasteiger partial charge in [-0.3, -0.25) is 9.59 Å². The Labute approximate surface area is 137 Å². The number of H-pyrrole nitrogens is 2. The van der Waals surface area contributed by atoms with E-state index >= 15 is 0 Å². The lowest BCUT2D eigenvalue weighted by Gasteiger charge is -2.00. The van der Waals surface area contributed by atoms with Crippen LogP contribution in [0.1, 0.15) is 26.4 Å². The monoisotopic (exact) mass is 315 g/mol. The molecule has 0 saturated carbocycles. The van der Waals surface area contributed by atoms with Gasteiger partial charge in [0.2, 0.25) is 0 Å². The van der Waals surface area contributed by atoms with Crippen LogP contribution in [-0.4, -0.2) is 27.0 Å². The summed E-state index contributed by atoms with van der Waals surface area (Å²) in [5, 5.41) is 0. The first-order chi connectivity index (χ1) is 11.7. The topological polar surface area (TPSA) is 78.6 Å². The Kier molecular flexibility index (Phi) is 3.31. The molecular weight excluding hydrogens is 302 g/mol. The fraction of sp³-hybridized carbons (Fsp3) is 0. The first kappa shape index (κ1) is 14.1. The van der Waals surface area contributed by atoms with Crippen LogP contribution in [0, 0.1) is 0 Å². The Morgan fingerprint density at radius 1 is 1.00 bits per heavy atom. The third kappa shape index (κ3) is 2.42. The maximum absolute atomic E-state index is 12.5. The van der Waals surface area contributed by atoms with Crippen molar-refractivity contribution in [2.24, 2.45) is 0 Å². The highest BCUT2D eigenvalue weighted by atomic mass is 16.1. The van der Waals surface area contributed by atoms with Gasteiger partial charge < -0.3 is 9.97 Å². The van der Waals surface area contributed by atoms with E-state index in [1.54, 1.807) is 36.5 Å². The Balaban J connectivity index is 1.73. The molecule has 0 fully saturated rings. The Bertz CT molecular complexity index is 1040. The number of nitrogens with zero attached hydrogens (tertiary/aromatic N) is 1. The van der Waals surface area contributed by atoms with Gasteiger partial charge in [-0.1, -0.05) is 30.3 Å². The van der Waals surface area contributed by atoms with Gasteiger partial charge in [-0.05, 0) is 24.3 Å². The molecule has 5 nitrogen and oxygen atoms in total. The number of carbonyl (C=O) groups excluding carboxylic acids is 2. The van der Waals surface area contributed by atoms with Crippen molar-refractivity contribution in [3.05, 3.63) is 77.6 Å². The first-order valence-electron chi connectivity index (χ1n) is 7.48. The normalized spacial score (nSPS) is 10.8. The van der Waals surface area contributed by atoms with Crippen molar-refractivity contribution < 1.29 is 9.59 Å². The van der Waals surface area contributed by atoms with E-state index in [1.165, 1.54) is 0 Å². The number of ketones is 1. The smallest absolute Gasteiger partial charge is 0.193 e. The largest absolute Gasteiger partial charge is 0.358 e. The molecule has 0 atom stereocenters. The Morgan fingerprint density at radius 2 is 1.83 bits per heavy atom. The van der Waals surface area contributed by atoms with E-state index in [-0.39, 0.29) is 5.78 Å². The molecule has 116 valence electrons. The summed E-state index contributed by atoms with van der Waals surface area (Å²) in [5.41, 5.74) is 4.09. The number of aromatic nitrogens is 3. The van der Waals surface area contributed by atoms with Gasteiger partial charge >= 0.3 is 0 Å². The van der Waals surface area contributed by atoms with Crippen molar-refractivity contribution in [1.29, 1.82) is 0 Å². The van der Waals surface area contributed by atoms with Crippen molar-refractivity contribution in [2.45, 2.75) is 0 Å². The summed E-state index contributed by atoms with van der Waals surface area (Å²) in [4.78, 5) is 33.9. The summed E-state index contributed by atoms with van der Waals surface area (Å²) >= 11 is 0. The van der Waals surface area contributed by atoms with Crippen molar-refractivity contribution in [1.82, 2.24) is 15.0 Å². The minimum Gasteiger partial charge on any atom is -0.358 e. The third-order valence-electron chi connectivity index (χ3n) is 3.89. The van der Waals surface area contributed by atoms with Crippen LogP contribution in [0.15, 0.2) is 60.8 Å². The lowest BCUT2D eigenvalue weighted by molar-refractivity contribution is 0.103. The quantitative estimate of drug-likeness (QED) is 0.446. The van der Waals surface area contributed by atoms with E-state index in [2.05, 4.69) is 15.0 Å². The van der Waals surface area contributed by atoms with Crippen LogP contribution < -0.4 is 0 Å². The Morgan fingerprint density at radius 3 is 2.58 bits per heavy atom. The molecule has 0 saturated heterocycles. The summed E-state index contributed by atoms with van der Waals surface area (Å²) in [5.74, 6) is 0.622. The summed E-state index contributed by atoms with van der Waals surface area (Å²) in [6.45, 7) is 0. The predicted octanol–water partition coefficient (Wildman–Crippen LogP) is 3.60. The number of imidazole rings is 1. The highest BCUT2D eigenvalue weighted by molar-refractivity contribution is 6.10. The standard InChI is InChI=1S/C19H13N3O2/c23-11-15-8-14(10-20-15)19-21-16-7-6-13(9-17(16)22-19)18(24)12-4-2-1-3-5-12/h1-11,20H,(H,21,22). The first-order valence-corrected chi connectivity index (χ1v) is 7.48. The molecule has 2 N–H and O–H groups in total. The lowest BCUT2D eigenvalue weighted by Crippen LogP contribution is -2.00. The number of hydrogen-bond donors (Lipinski definition) is 2. The number of aldehydes is 1. The maximum atomic E-state index is 12.5. The third-order valence-corrected chi connectivity index (χ3v) is 3.89. The van der Waals surface area contributed by atoms with Crippen LogP contribution in [0.5, 0.6) is 0 Å². The number of aromatic amines is 2. The van der Waals surface area contributed by atoms with Crippen LogP contribution in [0.2, 0.25) is 0 Å². The minimum atomic E-state index is -0.0291. The zero-order chi connectivity index (χ0) is 16.5. The molecular formula is C19H13N3O2. The molecule has 4 rings (SSSR count). The molecule has 0 aliphatic rings. The lowest BCUT2D eigenvalue weighted by atomic mass is 10.0. The molecule has 4 aromatic rings. The van der Waals surface area contributed by atoms with Gasteiger partial charge in [-0.15, -0.1) is 0 Å². The van der Waals surface area contributed by atoms with Gasteiger partial charge in [-0.2, -0.15) is 0 Å². The van der Waals surface area contributed by atoms with Crippen molar-refractivity contribution >= 4 is 23.1 Å². The number of rotatable bonds is 4. The number of nitrogens with one attached hydrogen (secondary N) is 2. The van der Waals surface area contributed by atoms with Crippen molar-refractivity contribution in [3.63, 3.8) is 0 Å². The minimum absolute atomic E-state index is 0.0291. The summed E-state index contributed by atoms with van der Waals surface area (Å²) in [6, 6.07) is 16.3. The fourth-order valence-corrected chi connectivity index (χ4v) is 2.66. The summed E-state index contributed by atoms with van der Waals surface area (Å²) in [7, 11) is 0. The second kappa shape index (κ2) is 5.62. The number of carbonyl (C=O) groups is 2. The van der Waals surface area contributed by atoms with Gasteiger partial charge in [-0.25, -0.2) is 4.98 Å². The molecule has 24 heavy (non-hydrogen) atoms. The van der Waals surface area contributed by atoms with E-state index in [9.17, 15) is 9.59 Å². The summed E-state index contributed by atoms with van der Waals surface area (Å²) < 4.78 is 0. The number of hydrogen-bond acceptors (Lipinski definition) is 3. The average Bonchev–Trinajstić information content (AvgIpc) is 3.27. The van der Waals surface area contributed by atoms with Crippen LogP contribution in [0.3, 0.4) is 0 Å². The molecule has 2 aromatic heterocycles. The van der Waals surface area contributed by atoms with Gasteiger partial charge in [0.1, 0.15) is 5.82 Å². The zero-order valence-electron chi connectivity index (χ0n) is 12.6. The SMILES string of the molecule is O=Cc1cc(-c2nc3ccc(C(=O)c4ccccc4)cc3[nH]2)c[nH]1. The van der Waals surface area contributed by atoms with Gasteiger partial charge in [0, 0.05) is 22.9 Å². The van der Waals surface area contributed by atoms with E-state index in [0.717, 1.165) is 22.9 Å². The van der Waals surface area contributed by atoms with E-state index in [0.29, 0.717) is 22.6 Å². The fourth-order valence-electron chi connectivity index (χ4n) is 2.66. The zero-order valence-corrected chi connectivity index (χ0v) is 12.6. The molecule has 0 aliphatic heterocycles. The molecule has 0 unspecified atom stereocenters. The van der Waals surface area contributed by atoms with Gasteiger partial charge in [0.15, 0.2) is 12.1 Å². The molecule has 0 spiro atoms. The van der Waals surface area contributed by atoms with Gasteiger partial charge in [0.05, 0.1) is 16.7 Å². The highest BCUT2D eigenvalue weighted by Crippen LogP contribution is 2.22. The molecule has 0 bridgehead atoms. The number of fused-ring (bicyclic) bond motifs is 1. The molecule has 5 heteroatoms. The molecule has 0 aliphatic carbocycles.